The molecule has 1 aromatic rings. The highest BCUT2D eigenvalue weighted by molar-refractivity contribution is 5.85. The Hall–Kier alpha value is -1.07. The van der Waals surface area contributed by atoms with Gasteiger partial charge in [-0.1, -0.05) is 19.3 Å². The number of hydrogen-bond acceptors (Lipinski definition) is 3. The van der Waals surface area contributed by atoms with E-state index in [1.165, 1.54) is 0 Å². The molecule has 0 aromatic carbocycles. The van der Waals surface area contributed by atoms with Crippen LogP contribution in [0.4, 0.5) is 0 Å². The van der Waals surface area contributed by atoms with E-state index in [1.807, 2.05) is 10.8 Å². The minimum Gasteiger partial charge on any atom is -0.481 e. The van der Waals surface area contributed by atoms with Crippen molar-refractivity contribution < 1.29 is 15.0 Å². The Kier molecular flexibility index (Phi) is 9.32. The average molecular weight is 277 g/mol. The molecule has 0 aliphatic rings. The second kappa shape index (κ2) is 9.91. The first kappa shape index (κ1) is 16.9. The fraction of sp³-hybridized carbons (Fsp3) is 0.667. The van der Waals surface area contributed by atoms with E-state index in [0.717, 1.165) is 32.2 Å². The van der Waals surface area contributed by atoms with Crippen LogP contribution in [-0.2, 0) is 11.3 Å². The number of aliphatic hydroxyl groups excluding tert-OH is 1. The van der Waals surface area contributed by atoms with Gasteiger partial charge < -0.3 is 14.8 Å². The van der Waals surface area contributed by atoms with Crippen LogP contribution in [0.1, 0.15) is 32.1 Å². The molecule has 0 aliphatic heterocycles. The lowest BCUT2D eigenvalue weighted by Gasteiger charge is -2.08. The topological polar surface area (TPSA) is 75.3 Å². The Morgan fingerprint density at radius 3 is 2.56 bits per heavy atom. The fourth-order valence-corrected chi connectivity index (χ4v) is 1.75. The van der Waals surface area contributed by atoms with Gasteiger partial charge in [0.05, 0.1) is 18.9 Å². The maximum atomic E-state index is 10.6. The summed E-state index contributed by atoms with van der Waals surface area (Å²) in [6.45, 7) is 0.701. The third kappa shape index (κ3) is 6.61. The van der Waals surface area contributed by atoms with Gasteiger partial charge in [-0.2, -0.15) is 0 Å². The number of carbonyl (C=O) groups is 1. The predicted octanol–water partition coefficient (Wildman–Crippen LogP) is 1.95. The number of unbranched alkanes of at least 4 members (excludes halogenated alkanes) is 3. The summed E-state index contributed by atoms with van der Waals surface area (Å²) in [6.07, 6.45) is 10.1. The van der Waals surface area contributed by atoms with Gasteiger partial charge in [-0.05, 0) is 12.8 Å². The number of carboxylic acids is 1. The van der Waals surface area contributed by atoms with Gasteiger partial charge in [-0.3, -0.25) is 4.79 Å². The van der Waals surface area contributed by atoms with E-state index >= 15 is 0 Å². The van der Waals surface area contributed by atoms with E-state index < -0.39 is 11.9 Å². The van der Waals surface area contributed by atoms with Crippen LogP contribution >= 0.6 is 12.4 Å². The van der Waals surface area contributed by atoms with E-state index in [2.05, 4.69) is 4.98 Å². The summed E-state index contributed by atoms with van der Waals surface area (Å²) in [4.78, 5) is 14.6. The van der Waals surface area contributed by atoms with Gasteiger partial charge >= 0.3 is 5.97 Å². The SMILES string of the molecule is Cl.O=C(O)C(CO)CCCCCCn1ccnc1. The smallest absolute Gasteiger partial charge is 0.308 e. The molecule has 0 bridgehead atoms. The minimum absolute atomic E-state index is 0. The summed E-state index contributed by atoms with van der Waals surface area (Å²) in [7, 11) is 0. The zero-order valence-corrected chi connectivity index (χ0v) is 11.2. The molecule has 1 rings (SSSR count). The Bertz CT molecular complexity index is 317. The second-order valence-corrected chi connectivity index (χ2v) is 4.22. The van der Waals surface area contributed by atoms with E-state index in [-0.39, 0.29) is 19.0 Å². The van der Waals surface area contributed by atoms with Crippen molar-refractivity contribution in [2.24, 2.45) is 5.92 Å². The normalized spacial score (nSPS) is 11.8. The van der Waals surface area contributed by atoms with Crippen molar-refractivity contribution in [3.63, 3.8) is 0 Å². The number of aryl methyl sites for hydroxylation is 1. The Morgan fingerprint density at radius 2 is 2.00 bits per heavy atom. The maximum absolute atomic E-state index is 10.6. The zero-order chi connectivity index (χ0) is 12.5. The molecule has 1 heterocycles. The fourth-order valence-electron chi connectivity index (χ4n) is 1.75. The van der Waals surface area contributed by atoms with Crippen molar-refractivity contribution in [1.82, 2.24) is 9.55 Å². The third-order valence-electron chi connectivity index (χ3n) is 2.85. The van der Waals surface area contributed by atoms with Gasteiger partial charge in [-0.15, -0.1) is 12.4 Å². The summed E-state index contributed by atoms with van der Waals surface area (Å²) in [5, 5.41) is 17.6. The Morgan fingerprint density at radius 1 is 1.28 bits per heavy atom. The van der Waals surface area contributed by atoms with Gasteiger partial charge in [0.2, 0.25) is 0 Å². The van der Waals surface area contributed by atoms with E-state index in [9.17, 15) is 4.79 Å². The minimum atomic E-state index is -0.897. The summed E-state index contributed by atoms with van der Waals surface area (Å²) in [5.41, 5.74) is 0. The Labute approximate surface area is 113 Å². The molecule has 0 saturated heterocycles. The molecule has 0 radical (unpaired) electrons. The number of rotatable bonds is 9. The molecule has 0 saturated carbocycles. The van der Waals surface area contributed by atoms with Crippen LogP contribution in [0.25, 0.3) is 0 Å². The molecule has 6 heteroatoms. The van der Waals surface area contributed by atoms with Gasteiger partial charge in [0.15, 0.2) is 0 Å². The Balaban J connectivity index is 0.00000289. The summed E-state index contributed by atoms with van der Waals surface area (Å²) in [6, 6.07) is 0. The van der Waals surface area contributed by atoms with Crippen LogP contribution < -0.4 is 0 Å². The molecule has 1 atom stereocenters. The molecule has 18 heavy (non-hydrogen) atoms. The highest BCUT2D eigenvalue weighted by Crippen LogP contribution is 2.11. The molecule has 0 amide bonds. The number of nitrogens with zero attached hydrogens (tertiary/aromatic N) is 2. The molecule has 0 fully saturated rings. The monoisotopic (exact) mass is 276 g/mol. The maximum Gasteiger partial charge on any atom is 0.308 e. The van der Waals surface area contributed by atoms with Crippen LogP contribution in [0.2, 0.25) is 0 Å². The highest BCUT2D eigenvalue weighted by atomic mass is 35.5. The molecule has 0 aliphatic carbocycles. The highest BCUT2D eigenvalue weighted by Gasteiger charge is 2.14. The molecule has 1 aromatic heterocycles. The number of carboxylic acid groups (broad SMARTS) is 1. The molecule has 0 spiro atoms. The van der Waals surface area contributed by atoms with Gasteiger partial charge in [-0.25, -0.2) is 4.98 Å². The van der Waals surface area contributed by atoms with E-state index in [0.29, 0.717) is 6.42 Å². The third-order valence-corrected chi connectivity index (χ3v) is 2.85. The lowest BCUT2D eigenvalue weighted by molar-refractivity contribution is -0.143. The predicted molar refractivity (Wildman–Crippen MR) is 70.8 cm³/mol. The first-order chi connectivity index (χ1) is 8.24. The first-order valence-corrected chi connectivity index (χ1v) is 6.03. The average Bonchev–Trinajstić information content (AvgIpc) is 2.80. The van der Waals surface area contributed by atoms with Crippen molar-refractivity contribution in [3.05, 3.63) is 18.7 Å². The number of aliphatic hydroxyl groups is 1. The van der Waals surface area contributed by atoms with Crippen LogP contribution in [0.5, 0.6) is 0 Å². The standard InChI is InChI=1S/C12H20N2O3.ClH/c15-9-11(12(16)17)5-3-1-2-4-7-14-8-6-13-10-14;/h6,8,10-11,15H,1-5,7,9H2,(H,16,17);1H. The quantitative estimate of drug-likeness (QED) is 0.676. The van der Waals surface area contributed by atoms with Crippen LogP contribution in [0.15, 0.2) is 18.7 Å². The van der Waals surface area contributed by atoms with Crippen molar-refractivity contribution in [3.8, 4) is 0 Å². The summed E-state index contributed by atoms with van der Waals surface area (Å²) < 4.78 is 2.04. The molecule has 104 valence electrons. The van der Waals surface area contributed by atoms with Crippen LogP contribution in [0, 0.1) is 5.92 Å². The lowest BCUT2D eigenvalue weighted by Crippen LogP contribution is -2.17. The van der Waals surface area contributed by atoms with Crippen molar-refractivity contribution in [2.45, 2.75) is 38.6 Å². The molecular weight excluding hydrogens is 256 g/mol. The van der Waals surface area contributed by atoms with Gasteiger partial charge in [0, 0.05) is 18.9 Å². The largest absolute Gasteiger partial charge is 0.481 e. The number of hydrogen-bond donors (Lipinski definition) is 2. The second-order valence-electron chi connectivity index (χ2n) is 4.22. The summed E-state index contributed by atoms with van der Waals surface area (Å²) >= 11 is 0. The zero-order valence-electron chi connectivity index (χ0n) is 10.4. The molecular formula is C12H21ClN2O3. The van der Waals surface area contributed by atoms with Crippen molar-refractivity contribution in [1.29, 1.82) is 0 Å². The van der Waals surface area contributed by atoms with E-state index in [4.69, 9.17) is 10.2 Å². The van der Waals surface area contributed by atoms with Crippen molar-refractivity contribution >= 4 is 18.4 Å². The van der Waals surface area contributed by atoms with Crippen LogP contribution in [-0.4, -0.2) is 32.3 Å². The first-order valence-electron chi connectivity index (χ1n) is 6.03. The van der Waals surface area contributed by atoms with Gasteiger partial charge in [0.25, 0.3) is 0 Å². The van der Waals surface area contributed by atoms with Gasteiger partial charge in [0.1, 0.15) is 0 Å². The molecule has 1 unspecified atom stereocenters. The number of aliphatic carboxylic acids is 1. The van der Waals surface area contributed by atoms with Crippen LogP contribution in [0.3, 0.4) is 0 Å². The number of aromatic nitrogens is 2. The van der Waals surface area contributed by atoms with Crippen molar-refractivity contribution in [2.75, 3.05) is 6.61 Å². The van der Waals surface area contributed by atoms with E-state index in [1.54, 1.807) is 12.5 Å². The lowest BCUT2D eigenvalue weighted by atomic mass is 10.0. The number of halogens is 1. The number of imidazole rings is 1. The molecule has 5 nitrogen and oxygen atoms in total. The summed E-state index contributed by atoms with van der Waals surface area (Å²) in [5.74, 6) is -1.49. The molecule has 2 N–H and O–H groups in total.